The van der Waals surface area contributed by atoms with Gasteiger partial charge < -0.3 is 14.6 Å². The number of carbonyl (C=O) groups is 3. The highest BCUT2D eigenvalue weighted by atomic mass is 32.2. The lowest BCUT2D eigenvalue weighted by Gasteiger charge is -2.20. The predicted octanol–water partition coefficient (Wildman–Crippen LogP) is 4.31. The summed E-state index contributed by atoms with van der Waals surface area (Å²) >= 11 is 1.39. The van der Waals surface area contributed by atoms with Crippen molar-refractivity contribution in [1.82, 2.24) is 4.90 Å². The third-order valence-electron chi connectivity index (χ3n) is 4.37. The van der Waals surface area contributed by atoms with Crippen molar-refractivity contribution in [2.75, 3.05) is 19.0 Å². The summed E-state index contributed by atoms with van der Waals surface area (Å²) in [4.78, 5) is 41.0. The minimum absolute atomic E-state index is 0.0214. The second-order valence-corrected chi connectivity index (χ2v) is 7.83. The molecule has 9 heteroatoms. The number of rotatable bonds is 10. The second-order valence-electron chi connectivity index (χ2n) is 6.82. The van der Waals surface area contributed by atoms with E-state index in [1.807, 2.05) is 13.8 Å². The molecule has 2 rings (SSSR count). The number of carboxylic acids is 1. The molecule has 1 atom stereocenters. The first-order valence-corrected chi connectivity index (χ1v) is 11.1. The number of amides is 2. The van der Waals surface area contributed by atoms with Crippen LogP contribution in [0.1, 0.15) is 50.7 Å². The van der Waals surface area contributed by atoms with Crippen molar-refractivity contribution in [2.45, 2.75) is 52.1 Å². The molecule has 164 valence electrons. The molecule has 0 aromatic heterocycles. The van der Waals surface area contributed by atoms with Crippen molar-refractivity contribution in [3.63, 3.8) is 0 Å². The van der Waals surface area contributed by atoms with E-state index in [9.17, 15) is 14.4 Å². The molecule has 1 N–H and O–H groups in total. The number of aliphatic carboxylic acids is 1. The quantitative estimate of drug-likeness (QED) is 0.545. The van der Waals surface area contributed by atoms with Gasteiger partial charge in [0.05, 0.1) is 24.8 Å². The normalized spacial score (nSPS) is 15.4. The van der Waals surface area contributed by atoms with Gasteiger partial charge in [-0.15, -0.1) is 11.8 Å². The molecule has 0 bridgehead atoms. The molecule has 2 amide bonds. The van der Waals surface area contributed by atoms with Gasteiger partial charge in [-0.1, -0.05) is 51.0 Å². The van der Waals surface area contributed by atoms with Gasteiger partial charge in [-0.05, 0) is 18.4 Å². The molecule has 0 aliphatic carbocycles. The molecule has 0 spiro atoms. The number of thioether (sulfide) groups is 1. The van der Waals surface area contributed by atoms with Crippen LogP contribution in [0.4, 0.5) is 9.59 Å². The van der Waals surface area contributed by atoms with Crippen LogP contribution in [0.3, 0.4) is 0 Å². The van der Waals surface area contributed by atoms with Crippen LogP contribution < -0.4 is 0 Å². The van der Waals surface area contributed by atoms with Gasteiger partial charge in [-0.2, -0.15) is 0 Å². The fraction of sp³-hybridized carbons (Fsp3) is 0.524. The largest absolute Gasteiger partial charge is 0.480 e. The number of imide groups is 1. The Morgan fingerprint density at radius 3 is 2.10 bits per heavy atom. The van der Waals surface area contributed by atoms with Crippen LogP contribution in [-0.2, 0) is 20.8 Å². The summed E-state index contributed by atoms with van der Waals surface area (Å²) in [6.45, 7) is 4.48. The van der Waals surface area contributed by atoms with Crippen molar-refractivity contribution < 1.29 is 29.0 Å². The molecule has 0 radical (unpaired) electrons. The molecule has 0 fully saturated rings. The number of unbranched alkanes of at least 4 members (excludes halogenated alkanes) is 2. The number of nitrogens with zero attached hydrogens (tertiary/aromatic N) is 2. The topological polar surface area (TPSA) is 106 Å². The van der Waals surface area contributed by atoms with Gasteiger partial charge in [0, 0.05) is 11.3 Å². The summed E-state index contributed by atoms with van der Waals surface area (Å²) in [6.07, 6.45) is 1.73. The Morgan fingerprint density at radius 2 is 1.63 bits per heavy atom. The van der Waals surface area contributed by atoms with Crippen molar-refractivity contribution in [3.05, 3.63) is 35.4 Å². The zero-order chi connectivity index (χ0) is 21.9. The van der Waals surface area contributed by atoms with E-state index in [1.165, 1.54) is 11.8 Å². The zero-order valence-corrected chi connectivity index (χ0v) is 18.2. The third kappa shape index (κ3) is 7.05. The smallest absolute Gasteiger partial charge is 0.419 e. The number of hydrogen-bond donors (Lipinski definition) is 1. The summed E-state index contributed by atoms with van der Waals surface area (Å²) in [6, 6.07) is 6.43. The minimum atomic E-state index is -0.937. The van der Waals surface area contributed by atoms with Crippen molar-refractivity contribution >= 4 is 35.0 Å². The molecular formula is C21H28N2O6S. The van der Waals surface area contributed by atoms with E-state index < -0.39 is 24.2 Å². The van der Waals surface area contributed by atoms with Crippen molar-refractivity contribution in [2.24, 2.45) is 4.99 Å². The van der Waals surface area contributed by atoms with Crippen molar-refractivity contribution in [3.8, 4) is 0 Å². The first-order chi connectivity index (χ1) is 14.5. The van der Waals surface area contributed by atoms with E-state index in [0.29, 0.717) is 10.8 Å². The molecule has 30 heavy (non-hydrogen) atoms. The number of ether oxygens (including phenoxy) is 2. The van der Waals surface area contributed by atoms with Crippen LogP contribution in [0.5, 0.6) is 0 Å². The molecule has 1 aliphatic rings. The van der Waals surface area contributed by atoms with Gasteiger partial charge in [0.1, 0.15) is 0 Å². The van der Waals surface area contributed by atoms with Gasteiger partial charge in [0.15, 0.2) is 6.04 Å². The minimum Gasteiger partial charge on any atom is -0.480 e. The molecule has 8 nitrogen and oxygen atoms in total. The standard InChI is InChI=1S/C21H28N2O6S/c1-3-5-11-28-20(26)23(21(27)29-12-6-4-2)13-15-7-9-16(10-8-15)18-22-17(14-30-18)19(24)25/h7-10,17H,3-6,11-14H2,1-2H3,(H,24,25)/t17-/m0/s1. The molecule has 1 aliphatic heterocycles. The van der Waals surface area contributed by atoms with Gasteiger partial charge in [0.25, 0.3) is 0 Å². The Morgan fingerprint density at radius 1 is 1.07 bits per heavy atom. The maximum atomic E-state index is 12.4. The highest BCUT2D eigenvalue weighted by molar-refractivity contribution is 8.14. The van der Waals surface area contributed by atoms with Crippen LogP contribution in [-0.4, -0.2) is 58.2 Å². The molecule has 0 unspecified atom stereocenters. The van der Waals surface area contributed by atoms with E-state index in [4.69, 9.17) is 14.6 Å². The Bertz CT molecular complexity index is 743. The van der Waals surface area contributed by atoms with Gasteiger partial charge in [0.2, 0.25) is 0 Å². The van der Waals surface area contributed by atoms with E-state index in [-0.39, 0.29) is 19.8 Å². The summed E-state index contributed by atoms with van der Waals surface area (Å²) in [5, 5.41) is 9.74. The Balaban J connectivity index is 2.06. The highest BCUT2D eigenvalue weighted by Crippen LogP contribution is 2.24. The van der Waals surface area contributed by atoms with Gasteiger partial charge in [-0.3, -0.25) is 4.99 Å². The lowest BCUT2D eigenvalue weighted by molar-refractivity contribution is -0.137. The third-order valence-corrected chi connectivity index (χ3v) is 5.46. The van der Waals surface area contributed by atoms with E-state index in [0.717, 1.165) is 41.7 Å². The van der Waals surface area contributed by atoms with Crippen molar-refractivity contribution in [1.29, 1.82) is 0 Å². The fourth-order valence-electron chi connectivity index (χ4n) is 2.56. The van der Waals surface area contributed by atoms with Gasteiger partial charge in [-0.25, -0.2) is 19.3 Å². The summed E-state index contributed by atoms with van der Waals surface area (Å²) in [5.74, 6) is -0.527. The number of carboxylic acid groups (broad SMARTS) is 1. The average molecular weight is 437 g/mol. The lowest BCUT2D eigenvalue weighted by atomic mass is 10.1. The maximum absolute atomic E-state index is 12.4. The van der Waals surface area contributed by atoms with Crippen LogP contribution >= 0.6 is 11.8 Å². The second kappa shape index (κ2) is 12.2. The fourth-order valence-corrected chi connectivity index (χ4v) is 3.60. The first-order valence-electron chi connectivity index (χ1n) is 10.1. The summed E-state index contributed by atoms with van der Waals surface area (Å²) < 4.78 is 10.4. The lowest BCUT2D eigenvalue weighted by Crippen LogP contribution is -2.37. The number of benzene rings is 1. The Hall–Kier alpha value is -2.55. The van der Waals surface area contributed by atoms with E-state index >= 15 is 0 Å². The van der Waals surface area contributed by atoms with Crippen LogP contribution in [0.25, 0.3) is 0 Å². The predicted molar refractivity (Wildman–Crippen MR) is 115 cm³/mol. The molecule has 0 saturated carbocycles. The van der Waals surface area contributed by atoms with Crippen LogP contribution in [0.2, 0.25) is 0 Å². The Kier molecular flexibility index (Phi) is 9.66. The number of carbonyl (C=O) groups excluding carboxylic acids is 2. The summed E-state index contributed by atoms with van der Waals surface area (Å²) in [7, 11) is 0. The highest BCUT2D eigenvalue weighted by Gasteiger charge is 2.26. The molecular weight excluding hydrogens is 408 g/mol. The van der Waals surface area contributed by atoms with E-state index in [2.05, 4.69) is 4.99 Å². The SMILES string of the molecule is CCCCOC(=O)N(Cc1ccc(C2=N[C@H](C(=O)O)CS2)cc1)C(=O)OCCCC. The van der Waals surface area contributed by atoms with Crippen LogP contribution in [0, 0.1) is 0 Å². The number of hydrogen-bond acceptors (Lipinski definition) is 7. The zero-order valence-electron chi connectivity index (χ0n) is 17.3. The molecule has 1 aromatic carbocycles. The molecule has 1 heterocycles. The number of aliphatic imine (C=N–C) groups is 1. The van der Waals surface area contributed by atoms with E-state index in [1.54, 1.807) is 24.3 Å². The summed E-state index contributed by atoms with van der Waals surface area (Å²) in [5.41, 5.74) is 1.52. The monoisotopic (exact) mass is 436 g/mol. The van der Waals surface area contributed by atoms with Crippen LogP contribution in [0.15, 0.2) is 29.3 Å². The average Bonchev–Trinajstić information content (AvgIpc) is 3.23. The van der Waals surface area contributed by atoms with Gasteiger partial charge >= 0.3 is 18.2 Å². The Labute approximate surface area is 180 Å². The first kappa shape index (κ1) is 23.7. The maximum Gasteiger partial charge on any atom is 0.419 e. The molecule has 0 saturated heterocycles. The molecule has 1 aromatic rings.